The number of primary amides is 1. The highest BCUT2D eigenvalue weighted by molar-refractivity contribution is 5.82. The highest BCUT2D eigenvalue weighted by Crippen LogP contribution is 2.45. The molecule has 5 aliphatic rings. The highest BCUT2D eigenvalue weighted by atomic mass is 16.7. The van der Waals surface area contributed by atoms with Gasteiger partial charge < -0.3 is 54.6 Å². The number of nitrogens with two attached hydrogens (primary N) is 2. The van der Waals surface area contributed by atoms with Crippen molar-refractivity contribution < 1.29 is 58.4 Å². The fraction of sp³-hybridized carbons (Fsp3) is 0.636. The maximum absolute atomic E-state index is 12.5. The zero-order valence-electron chi connectivity index (χ0n) is 26.4. The van der Waals surface area contributed by atoms with Crippen LogP contribution in [0.2, 0.25) is 0 Å². The van der Waals surface area contributed by atoms with Gasteiger partial charge in [-0.05, 0) is 19.9 Å². The SMILES string of the molecule is CC1C/C=C/C=C/C=C/C=C/C(OC2OC(C)C3OC3(N)C2O)CC2OC(O)(CC(O)CC3OC3/C=C/C(=O)O1)CC(O)C2C(N)=O. The molecule has 0 aromatic rings. The maximum Gasteiger partial charge on any atom is 0.330 e. The van der Waals surface area contributed by atoms with Crippen molar-refractivity contribution >= 4 is 11.9 Å². The topological polar surface area (TPSA) is 229 Å². The van der Waals surface area contributed by atoms with Crippen LogP contribution in [0, 0.1) is 5.92 Å². The summed E-state index contributed by atoms with van der Waals surface area (Å²) in [6, 6.07) is 0. The Morgan fingerprint density at radius 1 is 0.957 bits per heavy atom. The summed E-state index contributed by atoms with van der Waals surface area (Å²) >= 11 is 0. The van der Waals surface area contributed by atoms with Gasteiger partial charge in [-0.25, -0.2) is 4.79 Å². The van der Waals surface area contributed by atoms with Crippen molar-refractivity contribution in [2.24, 2.45) is 17.4 Å². The molecule has 4 saturated heterocycles. The number of fused-ring (bicyclic) bond motifs is 4. The van der Waals surface area contributed by atoms with Crippen LogP contribution >= 0.6 is 0 Å². The van der Waals surface area contributed by atoms with E-state index in [9.17, 15) is 30.0 Å². The molecule has 0 saturated carbocycles. The molecule has 0 aliphatic carbocycles. The lowest BCUT2D eigenvalue weighted by Gasteiger charge is -2.45. The molecule has 5 heterocycles. The van der Waals surface area contributed by atoms with Crippen molar-refractivity contribution in [2.75, 3.05) is 0 Å². The Bertz CT molecular complexity index is 1290. The number of allylic oxidation sites excluding steroid dienone is 6. The first-order valence-electron chi connectivity index (χ1n) is 16.0. The van der Waals surface area contributed by atoms with Crippen LogP contribution in [0.3, 0.4) is 0 Å². The summed E-state index contributed by atoms with van der Waals surface area (Å²) in [5.41, 5.74) is 10.5. The Morgan fingerprint density at radius 3 is 2.43 bits per heavy atom. The fourth-order valence-corrected chi connectivity index (χ4v) is 6.44. The van der Waals surface area contributed by atoms with Gasteiger partial charge in [-0.15, -0.1) is 0 Å². The Kier molecular flexibility index (Phi) is 11.2. The molecule has 14 heteroatoms. The highest BCUT2D eigenvalue weighted by Gasteiger charge is 2.67. The first-order valence-corrected chi connectivity index (χ1v) is 16.0. The van der Waals surface area contributed by atoms with Crippen molar-refractivity contribution in [3.63, 3.8) is 0 Å². The molecule has 0 aromatic carbocycles. The van der Waals surface area contributed by atoms with E-state index in [1.165, 1.54) is 6.08 Å². The lowest BCUT2D eigenvalue weighted by atomic mass is 9.82. The average Bonchev–Trinajstić information content (AvgIpc) is 3.88. The van der Waals surface area contributed by atoms with Crippen LogP contribution in [0.25, 0.3) is 0 Å². The Morgan fingerprint density at radius 2 is 1.68 bits per heavy atom. The number of aliphatic hydroxyl groups excluding tert-OH is 3. The van der Waals surface area contributed by atoms with Crippen molar-refractivity contribution in [3.05, 3.63) is 60.8 Å². The number of esters is 1. The van der Waals surface area contributed by atoms with Gasteiger partial charge >= 0.3 is 5.97 Å². The molecule has 4 fully saturated rings. The number of cyclic esters (lactones) is 1. The van der Waals surface area contributed by atoms with E-state index in [2.05, 4.69) is 0 Å². The number of ether oxygens (including phenoxy) is 6. The van der Waals surface area contributed by atoms with Gasteiger partial charge in [0, 0.05) is 38.2 Å². The van der Waals surface area contributed by atoms with Crippen LogP contribution < -0.4 is 11.5 Å². The molecule has 0 spiro atoms. The molecule has 5 aliphatic heterocycles. The van der Waals surface area contributed by atoms with Gasteiger partial charge in [0.15, 0.2) is 17.8 Å². The Balaban J connectivity index is 1.37. The van der Waals surface area contributed by atoms with Gasteiger partial charge in [0.2, 0.25) is 5.91 Å². The van der Waals surface area contributed by atoms with Crippen molar-refractivity contribution in [1.82, 2.24) is 0 Å². The lowest BCUT2D eigenvalue weighted by Crippen LogP contribution is -2.58. The largest absolute Gasteiger partial charge is 0.459 e. The summed E-state index contributed by atoms with van der Waals surface area (Å²) in [6.07, 6.45) is 7.60. The van der Waals surface area contributed by atoms with Gasteiger partial charge in [-0.2, -0.15) is 0 Å². The van der Waals surface area contributed by atoms with Gasteiger partial charge in [-0.3, -0.25) is 10.5 Å². The minimum absolute atomic E-state index is 0.0955. The predicted octanol–water partition coefficient (Wildman–Crippen LogP) is -0.114. The molecule has 0 radical (unpaired) electrons. The molecule has 5 rings (SSSR count). The first-order chi connectivity index (χ1) is 22.3. The maximum atomic E-state index is 12.5. The minimum Gasteiger partial charge on any atom is -0.459 e. The molecule has 47 heavy (non-hydrogen) atoms. The second-order valence-corrected chi connectivity index (χ2v) is 12.9. The normalized spacial score (nSPS) is 49.5. The summed E-state index contributed by atoms with van der Waals surface area (Å²) in [6.45, 7) is 3.53. The Labute approximate surface area is 273 Å². The molecular formula is C33H46N2O12. The third kappa shape index (κ3) is 9.03. The molecular weight excluding hydrogens is 616 g/mol. The minimum atomic E-state index is -2.03. The number of rotatable bonds is 3. The van der Waals surface area contributed by atoms with E-state index in [-0.39, 0.29) is 31.8 Å². The van der Waals surface area contributed by atoms with Crippen molar-refractivity contribution in [2.45, 2.75) is 125 Å². The molecule has 260 valence electrons. The standard InChI is InChI=1S/C33H46N2O12/c1-18-10-8-6-4-3-5-7-9-11-21(44-31-28(39)33(35)29(47-33)19(2)43-31)15-25-27(30(34)40)22(37)17-32(41,46-25)16-20(36)14-24-23(45-24)12-13-26(38)42-18/h3-9,11-13,18-25,27-29,31,36-37,39,41H,10,14-17,35H2,1-2H3,(H2,34,40)/b4-3+,7-5+,8-6+,11-9+,13-12+. The van der Waals surface area contributed by atoms with Crippen LogP contribution in [-0.4, -0.2) is 111 Å². The predicted molar refractivity (Wildman–Crippen MR) is 165 cm³/mol. The van der Waals surface area contributed by atoms with E-state index in [0.29, 0.717) is 6.42 Å². The van der Waals surface area contributed by atoms with Crippen molar-refractivity contribution in [3.8, 4) is 0 Å². The van der Waals surface area contributed by atoms with Crippen LogP contribution in [0.5, 0.6) is 0 Å². The van der Waals surface area contributed by atoms with E-state index < -0.39 is 90.5 Å². The molecule has 1 amide bonds. The summed E-state index contributed by atoms with van der Waals surface area (Å²) < 4.78 is 34.4. The second kappa shape index (κ2) is 14.8. The lowest BCUT2D eigenvalue weighted by molar-refractivity contribution is -0.303. The molecule has 8 N–H and O–H groups in total. The third-order valence-corrected chi connectivity index (χ3v) is 8.94. The van der Waals surface area contributed by atoms with Gasteiger partial charge in [0.05, 0.1) is 42.5 Å². The smallest absolute Gasteiger partial charge is 0.330 e. The summed E-state index contributed by atoms with van der Waals surface area (Å²) in [5.74, 6) is -4.59. The van der Waals surface area contributed by atoms with Crippen LogP contribution in [0.1, 0.15) is 46.0 Å². The zero-order valence-corrected chi connectivity index (χ0v) is 26.4. The molecule has 2 bridgehead atoms. The van der Waals surface area contributed by atoms with E-state index >= 15 is 0 Å². The molecule has 0 aromatic heterocycles. The van der Waals surface area contributed by atoms with E-state index in [1.54, 1.807) is 56.4 Å². The van der Waals surface area contributed by atoms with Crippen LogP contribution in [-0.2, 0) is 38.0 Å². The van der Waals surface area contributed by atoms with E-state index in [4.69, 9.17) is 39.9 Å². The first kappa shape index (κ1) is 35.5. The summed E-state index contributed by atoms with van der Waals surface area (Å²) in [4.78, 5) is 24.7. The number of aliphatic hydroxyl groups is 4. The van der Waals surface area contributed by atoms with E-state index in [1.807, 2.05) is 12.2 Å². The number of amides is 1. The second-order valence-electron chi connectivity index (χ2n) is 12.9. The fourth-order valence-electron chi connectivity index (χ4n) is 6.44. The number of epoxide rings is 2. The number of carbonyl (C=O) groups is 2. The summed E-state index contributed by atoms with van der Waals surface area (Å²) in [7, 11) is 0. The van der Waals surface area contributed by atoms with E-state index in [0.717, 1.165) is 0 Å². The Hall–Kier alpha value is -2.76. The van der Waals surface area contributed by atoms with Gasteiger partial charge in [-0.1, -0.05) is 48.6 Å². The molecule has 14 atom stereocenters. The average molecular weight is 663 g/mol. The number of carbonyl (C=O) groups excluding carboxylic acids is 2. The van der Waals surface area contributed by atoms with Gasteiger partial charge in [0.1, 0.15) is 24.4 Å². The number of hydrogen-bond acceptors (Lipinski definition) is 13. The molecule has 14 unspecified atom stereocenters. The van der Waals surface area contributed by atoms with Crippen LogP contribution in [0.4, 0.5) is 0 Å². The zero-order chi connectivity index (χ0) is 33.9. The third-order valence-electron chi connectivity index (χ3n) is 8.94. The van der Waals surface area contributed by atoms with Gasteiger partial charge in [0.25, 0.3) is 0 Å². The monoisotopic (exact) mass is 662 g/mol. The van der Waals surface area contributed by atoms with Crippen LogP contribution in [0.15, 0.2) is 60.8 Å². The number of hydrogen-bond donors (Lipinski definition) is 6. The van der Waals surface area contributed by atoms with Crippen molar-refractivity contribution in [1.29, 1.82) is 0 Å². The quantitative estimate of drug-likeness (QED) is 0.171. The summed E-state index contributed by atoms with van der Waals surface area (Å²) in [5, 5.41) is 44.1. The molecule has 14 nitrogen and oxygen atoms in total.